The van der Waals surface area contributed by atoms with E-state index < -0.39 is 5.97 Å². The third-order valence-electron chi connectivity index (χ3n) is 7.21. The minimum Gasteiger partial charge on any atom is -0.483 e. The van der Waals surface area contributed by atoms with Crippen molar-refractivity contribution in [3.05, 3.63) is 93.5 Å². The summed E-state index contributed by atoms with van der Waals surface area (Å²) in [6, 6.07) is 18.4. The van der Waals surface area contributed by atoms with Crippen molar-refractivity contribution >= 4 is 23.8 Å². The topological polar surface area (TPSA) is 70.1 Å². The normalized spacial score (nSPS) is 22.4. The van der Waals surface area contributed by atoms with Crippen LogP contribution in [0.4, 0.5) is 0 Å². The molecule has 0 aromatic heterocycles. The van der Waals surface area contributed by atoms with Crippen molar-refractivity contribution in [1.29, 1.82) is 0 Å². The summed E-state index contributed by atoms with van der Waals surface area (Å²) in [6.07, 6.45) is -0.380. The summed E-state index contributed by atoms with van der Waals surface area (Å²) in [6.45, 7) is 3.89. The molecule has 0 aliphatic carbocycles. The molecule has 3 atom stereocenters. The van der Waals surface area contributed by atoms with Crippen molar-refractivity contribution < 1.29 is 19.4 Å². The zero-order valence-corrected chi connectivity index (χ0v) is 20.5. The number of rotatable bonds is 2. The Morgan fingerprint density at radius 3 is 2.71 bits per heavy atom. The third-order valence-corrected chi connectivity index (χ3v) is 8.28. The number of carbonyl (C=O) groups is 2. The maximum absolute atomic E-state index is 13.2. The Balaban J connectivity index is 1.62. The van der Waals surface area contributed by atoms with E-state index in [0.29, 0.717) is 25.2 Å². The zero-order valence-electron chi connectivity index (χ0n) is 19.7. The number of hydrogen-bond acceptors (Lipinski definition) is 5. The first-order chi connectivity index (χ1) is 16.9. The van der Waals surface area contributed by atoms with Crippen LogP contribution in [0.1, 0.15) is 62.2 Å². The number of aliphatic carboxylic acids is 1. The summed E-state index contributed by atoms with van der Waals surface area (Å²) in [7, 11) is 1.81. The highest BCUT2D eigenvalue weighted by atomic mass is 32.2. The Hall–Kier alpha value is -3.29. The van der Waals surface area contributed by atoms with Crippen LogP contribution in [0.3, 0.4) is 0 Å². The van der Waals surface area contributed by atoms with Crippen LogP contribution < -0.4 is 4.74 Å². The molecule has 7 heteroatoms. The van der Waals surface area contributed by atoms with Crippen molar-refractivity contribution in [1.82, 2.24) is 9.21 Å². The minimum absolute atomic E-state index is 0.0112. The predicted molar refractivity (Wildman–Crippen MR) is 134 cm³/mol. The van der Waals surface area contributed by atoms with Gasteiger partial charge in [0, 0.05) is 31.6 Å². The van der Waals surface area contributed by atoms with Crippen molar-refractivity contribution in [2.45, 2.75) is 43.4 Å². The zero-order chi connectivity index (χ0) is 24.3. The van der Waals surface area contributed by atoms with Gasteiger partial charge >= 0.3 is 5.97 Å². The molecule has 6 rings (SSSR count). The average molecular weight is 487 g/mol. The number of carboxylic acid groups (broad SMARTS) is 1. The number of carbonyl (C=O) groups excluding carboxylic acids is 1. The molecule has 35 heavy (non-hydrogen) atoms. The van der Waals surface area contributed by atoms with Gasteiger partial charge in [-0.3, -0.25) is 9.59 Å². The van der Waals surface area contributed by atoms with Crippen LogP contribution in [-0.2, 0) is 17.9 Å². The molecule has 2 unspecified atom stereocenters. The van der Waals surface area contributed by atoms with Gasteiger partial charge in [0.15, 0.2) is 0 Å². The molecule has 178 valence electrons. The van der Waals surface area contributed by atoms with Gasteiger partial charge in [-0.2, -0.15) is 0 Å². The highest BCUT2D eigenvalue weighted by Gasteiger charge is 2.36. The van der Waals surface area contributed by atoms with Crippen LogP contribution in [0.15, 0.2) is 59.5 Å². The van der Waals surface area contributed by atoms with E-state index >= 15 is 0 Å². The number of hydrogen-bond donors (Lipinski definition) is 1. The summed E-state index contributed by atoms with van der Waals surface area (Å²) >= 11 is 1.67. The molecule has 0 spiro atoms. The standard InChI is InChI=1S/C28H26N2O4S/c1-16-7-8-17-9-19(16)14-30-15-24(34-23-5-3-4-6-25(23)35-30)22-11-18(21(17)12-26(31)32)10-20-13-29(2)28(33)27(20)22/h3-11,21,24H,12-15H2,1-2H3,(H,31,32)/t21?,24-/m0/s1. The SMILES string of the molecule is Cc1ccc2cc1CN1C[C@H](Oc3ccccc3S1)c1cc(cc3c1C(=O)N(C)C3)C2CC(=O)O. The molecule has 3 aromatic carbocycles. The van der Waals surface area contributed by atoms with Crippen LogP contribution >= 0.6 is 11.9 Å². The number of fused-ring (bicyclic) bond motifs is 10. The second-order valence-corrected chi connectivity index (χ2v) is 10.7. The lowest BCUT2D eigenvalue weighted by Gasteiger charge is -2.25. The van der Waals surface area contributed by atoms with Crippen LogP contribution in [0.25, 0.3) is 0 Å². The van der Waals surface area contributed by atoms with Gasteiger partial charge in [-0.15, -0.1) is 0 Å². The van der Waals surface area contributed by atoms with Crippen molar-refractivity contribution in [2.75, 3.05) is 13.6 Å². The molecule has 3 heterocycles. The number of nitrogens with zero attached hydrogens (tertiary/aromatic N) is 2. The molecule has 0 fully saturated rings. The molecular formula is C28H26N2O4S. The first kappa shape index (κ1) is 22.2. The highest BCUT2D eigenvalue weighted by molar-refractivity contribution is 7.97. The molecule has 3 aliphatic rings. The fourth-order valence-corrected chi connectivity index (χ4v) is 6.45. The lowest BCUT2D eigenvalue weighted by Crippen LogP contribution is -2.26. The van der Waals surface area contributed by atoms with E-state index in [2.05, 4.69) is 29.4 Å². The summed E-state index contributed by atoms with van der Waals surface area (Å²) in [5.41, 5.74) is 6.72. The number of ether oxygens (including phenoxy) is 1. The first-order valence-electron chi connectivity index (χ1n) is 11.8. The van der Waals surface area contributed by atoms with Crippen molar-refractivity contribution in [3.8, 4) is 5.75 Å². The van der Waals surface area contributed by atoms with E-state index in [1.54, 1.807) is 23.9 Å². The number of amides is 1. The Morgan fingerprint density at radius 1 is 1.09 bits per heavy atom. The number of carboxylic acids is 1. The van der Waals surface area contributed by atoms with E-state index in [0.717, 1.165) is 32.9 Å². The van der Waals surface area contributed by atoms with E-state index in [4.69, 9.17) is 4.74 Å². The molecule has 0 radical (unpaired) electrons. The Morgan fingerprint density at radius 2 is 1.89 bits per heavy atom. The van der Waals surface area contributed by atoms with Crippen molar-refractivity contribution in [2.24, 2.45) is 0 Å². The van der Waals surface area contributed by atoms with Crippen LogP contribution in [0.2, 0.25) is 0 Å². The number of benzene rings is 3. The smallest absolute Gasteiger partial charge is 0.304 e. The van der Waals surface area contributed by atoms with Crippen LogP contribution in [-0.4, -0.2) is 39.8 Å². The Kier molecular flexibility index (Phi) is 5.34. The molecule has 3 aromatic rings. The maximum Gasteiger partial charge on any atom is 0.304 e. The van der Waals surface area contributed by atoms with Gasteiger partial charge in [-0.1, -0.05) is 42.5 Å². The minimum atomic E-state index is -0.845. The molecule has 3 aliphatic heterocycles. The summed E-state index contributed by atoms with van der Waals surface area (Å²) in [5, 5.41) is 9.80. The average Bonchev–Trinajstić information content (AvgIpc) is 3.00. The van der Waals surface area contributed by atoms with Crippen LogP contribution in [0, 0.1) is 6.92 Å². The molecular weight excluding hydrogens is 460 g/mol. The molecule has 1 amide bonds. The quantitative estimate of drug-likeness (QED) is 0.506. The summed E-state index contributed by atoms with van der Waals surface area (Å²) in [4.78, 5) is 27.9. The summed E-state index contributed by atoms with van der Waals surface area (Å²) < 4.78 is 8.90. The molecule has 0 saturated heterocycles. The van der Waals surface area contributed by atoms with Gasteiger partial charge in [0.2, 0.25) is 0 Å². The monoisotopic (exact) mass is 486 g/mol. The Bertz CT molecular complexity index is 1370. The lowest BCUT2D eigenvalue weighted by molar-refractivity contribution is -0.137. The lowest BCUT2D eigenvalue weighted by atomic mass is 9.84. The van der Waals surface area contributed by atoms with Crippen LogP contribution in [0.5, 0.6) is 5.75 Å². The molecule has 0 saturated carbocycles. The van der Waals surface area contributed by atoms with E-state index in [1.807, 2.05) is 36.4 Å². The first-order valence-corrected chi connectivity index (χ1v) is 12.6. The number of para-hydroxylation sites is 1. The number of aryl methyl sites for hydroxylation is 1. The fourth-order valence-electron chi connectivity index (χ4n) is 5.42. The fraction of sp³-hybridized carbons (Fsp3) is 0.286. The molecule has 1 N–H and O–H groups in total. The van der Waals surface area contributed by atoms with E-state index in [-0.39, 0.29) is 24.3 Å². The third kappa shape index (κ3) is 3.89. The highest BCUT2D eigenvalue weighted by Crippen LogP contribution is 2.44. The van der Waals surface area contributed by atoms with Gasteiger partial charge in [0.1, 0.15) is 11.9 Å². The van der Waals surface area contributed by atoms with Gasteiger partial charge in [-0.05, 0) is 58.8 Å². The van der Waals surface area contributed by atoms with Gasteiger partial charge in [-0.25, -0.2) is 4.31 Å². The Labute approximate surface area is 208 Å². The van der Waals surface area contributed by atoms with E-state index in [1.165, 1.54) is 11.1 Å². The van der Waals surface area contributed by atoms with Gasteiger partial charge < -0.3 is 14.7 Å². The van der Waals surface area contributed by atoms with Crippen molar-refractivity contribution in [3.63, 3.8) is 0 Å². The molecule has 6 nitrogen and oxygen atoms in total. The van der Waals surface area contributed by atoms with E-state index in [9.17, 15) is 14.7 Å². The maximum atomic E-state index is 13.2. The predicted octanol–water partition coefficient (Wildman–Crippen LogP) is 5.14. The molecule has 6 bridgehead atoms. The largest absolute Gasteiger partial charge is 0.483 e. The second kappa shape index (κ2) is 8.43. The second-order valence-electron chi connectivity index (χ2n) is 9.61. The summed E-state index contributed by atoms with van der Waals surface area (Å²) in [5.74, 6) is -0.371. The van der Waals surface area contributed by atoms with Gasteiger partial charge in [0.05, 0.1) is 23.4 Å². The van der Waals surface area contributed by atoms with Gasteiger partial charge in [0.25, 0.3) is 5.91 Å².